The molecule has 0 aliphatic carbocycles. The summed E-state index contributed by atoms with van der Waals surface area (Å²) in [5.74, 6) is 0. The summed E-state index contributed by atoms with van der Waals surface area (Å²) < 4.78 is 0. The van der Waals surface area contributed by atoms with Crippen molar-refractivity contribution in [2.75, 3.05) is 12.3 Å². The van der Waals surface area contributed by atoms with Crippen LogP contribution in [0.4, 0.5) is 5.69 Å². The van der Waals surface area contributed by atoms with Crippen LogP contribution in [0.25, 0.3) is 0 Å². The number of aliphatic hydroxyl groups excluding tert-OH is 1. The first kappa shape index (κ1) is 8.53. The summed E-state index contributed by atoms with van der Waals surface area (Å²) in [6, 6.07) is 7.68. The van der Waals surface area contributed by atoms with Gasteiger partial charge < -0.3 is 16.2 Å². The Balaban J connectivity index is 2.29. The first-order valence-electron chi connectivity index (χ1n) is 4.55. The van der Waals surface area contributed by atoms with Gasteiger partial charge in [-0.2, -0.15) is 0 Å². The van der Waals surface area contributed by atoms with E-state index in [1.165, 1.54) is 0 Å². The molecule has 0 unspecified atom stereocenters. The summed E-state index contributed by atoms with van der Waals surface area (Å²) >= 11 is 0. The maximum Gasteiger partial charge on any atom is 0.0747 e. The Kier molecular flexibility index (Phi) is 2.20. The Hall–Kier alpha value is -1.06. The van der Waals surface area contributed by atoms with Crippen molar-refractivity contribution in [3.8, 4) is 0 Å². The van der Waals surface area contributed by atoms with Crippen LogP contribution in [0.1, 0.15) is 18.0 Å². The van der Waals surface area contributed by atoms with Crippen LogP contribution in [-0.4, -0.2) is 17.8 Å². The molecule has 1 saturated heterocycles. The first-order chi connectivity index (χ1) is 6.29. The van der Waals surface area contributed by atoms with E-state index in [0.29, 0.717) is 0 Å². The minimum Gasteiger partial charge on any atom is -0.398 e. The molecule has 1 heterocycles. The minimum absolute atomic E-state index is 0.0150. The molecule has 4 N–H and O–H groups in total. The summed E-state index contributed by atoms with van der Waals surface area (Å²) in [5, 5.41) is 12.9. The highest BCUT2D eigenvalue weighted by atomic mass is 16.3. The highest BCUT2D eigenvalue weighted by molar-refractivity contribution is 5.48. The van der Waals surface area contributed by atoms with E-state index < -0.39 is 0 Å². The second-order valence-electron chi connectivity index (χ2n) is 3.42. The largest absolute Gasteiger partial charge is 0.398 e. The summed E-state index contributed by atoms with van der Waals surface area (Å²) in [6.07, 6.45) is 0.503. The van der Waals surface area contributed by atoms with E-state index in [9.17, 15) is 5.11 Å². The van der Waals surface area contributed by atoms with E-state index in [4.69, 9.17) is 5.73 Å². The van der Waals surface area contributed by atoms with Crippen molar-refractivity contribution in [3.05, 3.63) is 29.8 Å². The molecule has 1 aromatic rings. The van der Waals surface area contributed by atoms with E-state index >= 15 is 0 Å². The lowest BCUT2D eigenvalue weighted by molar-refractivity contribution is 0.160. The second kappa shape index (κ2) is 3.36. The standard InChI is InChI=1S/C10H14N2O/c11-8-4-2-1-3-7(8)10-9(13)5-6-12-10/h1-4,9-10,12-13H,5-6,11H2/t9-,10-/m0/s1. The molecule has 0 radical (unpaired) electrons. The maximum atomic E-state index is 9.65. The van der Waals surface area contributed by atoms with Gasteiger partial charge in [-0.05, 0) is 24.6 Å². The molecule has 2 atom stereocenters. The smallest absolute Gasteiger partial charge is 0.0747 e. The normalized spacial score (nSPS) is 27.8. The molecule has 1 fully saturated rings. The van der Waals surface area contributed by atoms with Gasteiger partial charge in [0.1, 0.15) is 0 Å². The molecule has 3 nitrogen and oxygen atoms in total. The zero-order valence-corrected chi connectivity index (χ0v) is 7.40. The van der Waals surface area contributed by atoms with Gasteiger partial charge in [0.25, 0.3) is 0 Å². The van der Waals surface area contributed by atoms with Gasteiger partial charge in [0.05, 0.1) is 12.1 Å². The fraction of sp³-hybridized carbons (Fsp3) is 0.400. The van der Waals surface area contributed by atoms with Crippen molar-refractivity contribution in [2.45, 2.75) is 18.6 Å². The van der Waals surface area contributed by atoms with Gasteiger partial charge in [0.2, 0.25) is 0 Å². The monoisotopic (exact) mass is 178 g/mol. The Labute approximate surface area is 77.6 Å². The van der Waals surface area contributed by atoms with E-state index in [-0.39, 0.29) is 12.1 Å². The molecule has 0 aromatic heterocycles. The Bertz CT molecular complexity index is 301. The van der Waals surface area contributed by atoms with Crippen LogP contribution in [0.5, 0.6) is 0 Å². The van der Waals surface area contributed by atoms with Gasteiger partial charge >= 0.3 is 0 Å². The number of nitrogens with one attached hydrogen (secondary N) is 1. The van der Waals surface area contributed by atoms with Crippen molar-refractivity contribution in [1.29, 1.82) is 0 Å². The van der Waals surface area contributed by atoms with Gasteiger partial charge in [0.15, 0.2) is 0 Å². The molecule has 2 rings (SSSR count). The highest BCUT2D eigenvalue weighted by Gasteiger charge is 2.26. The SMILES string of the molecule is Nc1ccccc1[C@@H]1NCC[C@@H]1O. The third-order valence-corrected chi connectivity index (χ3v) is 2.52. The topological polar surface area (TPSA) is 58.3 Å². The van der Waals surface area contributed by atoms with E-state index in [2.05, 4.69) is 5.32 Å². The van der Waals surface area contributed by atoms with Gasteiger partial charge in [-0.1, -0.05) is 18.2 Å². The summed E-state index contributed by atoms with van der Waals surface area (Å²) in [4.78, 5) is 0. The molecule has 1 aromatic carbocycles. The molecule has 3 heteroatoms. The number of aliphatic hydroxyl groups is 1. The number of para-hydroxylation sites is 1. The summed E-state index contributed by atoms with van der Waals surface area (Å²) in [5.41, 5.74) is 7.57. The number of rotatable bonds is 1. The number of hydrogen-bond acceptors (Lipinski definition) is 3. The molecular formula is C10H14N2O. The van der Waals surface area contributed by atoms with Gasteiger partial charge in [0, 0.05) is 5.69 Å². The molecular weight excluding hydrogens is 164 g/mol. The molecule has 70 valence electrons. The number of anilines is 1. The van der Waals surface area contributed by atoms with Crippen LogP contribution in [0, 0.1) is 0 Å². The Morgan fingerprint density at radius 3 is 2.77 bits per heavy atom. The lowest BCUT2D eigenvalue weighted by Crippen LogP contribution is -2.21. The molecule has 0 spiro atoms. The predicted octanol–water partition coefficient (Wildman–Crippen LogP) is 0.664. The third kappa shape index (κ3) is 1.53. The molecule has 0 saturated carbocycles. The average molecular weight is 178 g/mol. The van der Waals surface area contributed by atoms with Crippen LogP contribution in [0.3, 0.4) is 0 Å². The molecule has 0 bridgehead atoms. The average Bonchev–Trinajstić information content (AvgIpc) is 2.52. The van der Waals surface area contributed by atoms with Crippen LogP contribution in [0.2, 0.25) is 0 Å². The van der Waals surface area contributed by atoms with Crippen molar-refractivity contribution in [1.82, 2.24) is 5.32 Å². The van der Waals surface area contributed by atoms with Gasteiger partial charge in [-0.15, -0.1) is 0 Å². The van der Waals surface area contributed by atoms with Crippen molar-refractivity contribution >= 4 is 5.69 Å². The number of nitrogens with two attached hydrogens (primary N) is 1. The number of benzene rings is 1. The second-order valence-corrected chi connectivity index (χ2v) is 3.42. The number of nitrogen functional groups attached to an aromatic ring is 1. The fourth-order valence-corrected chi connectivity index (χ4v) is 1.80. The maximum absolute atomic E-state index is 9.65. The van der Waals surface area contributed by atoms with Crippen molar-refractivity contribution in [2.24, 2.45) is 0 Å². The van der Waals surface area contributed by atoms with E-state index in [1.807, 2.05) is 24.3 Å². The van der Waals surface area contributed by atoms with Crippen LogP contribution >= 0.6 is 0 Å². The Morgan fingerprint density at radius 2 is 2.15 bits per heavy atom. The Morgan fingerprint density at radius 1 is 1.38 bits per heavy atom. The lowest BCUT2D eigenvalue weighted by Gasteiger charge is -2.16. The van der Waals surface area contributed by atoms with Crippen molar-refractivity contribution in [3.63, 3.8) is 0 Å². The van der Waals surface area contributed by atoms with Gasteiger partial charge in [-0.25, -0.2) is 0 Å². The quantitative estimate of drug-likeness (QED) is 0.554. The van der Waals surface area contributed by atoms with E-state index in [0.717, 1.165) is 24.2 Å². The molecule has 13 heavy (non-hydrogen) atoms. The zero-order chi connectivity index (χ0) is 9.26. The third-order valence-electron chi connectivity index (χ3n) is 2.52. The zero-order valence-electron chi connectivity index (χ0n) is 7.40. The van der Waals surface area contributed by atoms with Gasteiger partial charge in [-0.3, -0.25) is 0 Å². The summed E-state index contributed by atoms with van der Waals surface area (Å²) in [7, 11) is 0. The minimum atomic E-state index is -0.301. The van der Waals surface area contributed by atoms with Crippen LogP contribution in [-0.2, 0) is 0 Å². The summed E-state index contributed by atoms with van der Waals surface area (Å²) in [6.45, 7) is 0.861. The molecule has 1 aliphatic rings. The highest BCUT2D eigenvalue weighted by Crippen LogP contribution is 2.27. The number of hydrogen-bond donors (Lipinski definition) is 3. The molecule has 1 aliphatic heterocycles. The van der Waals surface area contributed by atoms with Crippen LogP contribution in [0.15, 0.2) is 24.3 Å². The van der Waals surface area contributed by atoms with Crippen molar-refractivity contribution < 1.29 is 5.11 Å². The van der Waals surface area contributed by atoms with Crippen LogP contribution < -0.4 is 11.1 Å². The lowest BCUT2D eigenvalue weighted by atomic mass is 10.0. The predicted molar refractivity (Wildman–Crippen MR) is 52.2 cm³/mol. The van der Waals surface area contributed by atoms with E-state index in [1.54, 1.807) is 0 Å². The fourth-order valence-electron chi connectivity index (χ4n) is 1.80. The first-order valence-corrected chi connectivity index (χ1v) is 4.55. The molecule has 0 amide bonds.